The molecule has 1 N–H and O–H groups in total. The molecule has 1 aromatic rings. The Morgan fingerprint density at radius 1 is 1.39 bits per heavy atom. The number of hydrogen-bond donors (Lipinski definition) is 1. The zero-order valence-electron chi connectivity index (χ0n) is 10.7. The average molecular weight is 267 g/mol. The lowest BCUT2D eigenvalue weighted by Gasteiger charge is -2.28. The van der Waals surface area contributed by atoms with Crippen molar-refractivity contribution < 1.29 is 4.79 Å². The third kappa shape index (κ3) is 3.47. The van der Waals surface area contributed by atoms with Gasteiger partial charge in [0.1, 0.15) is 0 Å². The van der Waals surface area contributed by atoms with E-state index in [9.17, 15) is 4.79 Å². The summed E-state index contributed by atoms with van der Waals surface area (Å²) in [5.41, 5.74) is 0.973. The van der Waals surface area contributed by atoms with Gasteiger partial charge in [-0.05, 0) is 44.6 Å². The molecule has 1 heterocycles. The summed E-state index contributed by atoms with van der Waals surface area (Å²) >= 11 is 6.05. The molecule has 0 spiro atoms. The van der Waals surface area contributed by atoms with Crippen molar-refractivity contribution in [2.24, 2.45) is 5.92 Å². The van der Waals surface area contributed by atoms with E-state index in [2.05, 4.69) is 17.3 Å². The number of amides is 1. The van der Waals surface area contributed by atoms with Crippen molar-refractivity contribution in [3.8, 4) is 0 Å². The third-order valence-corrected chi connectivity index (χ3v) is 3.87. The summed E-state index contributed by atoms with van der Waals surface area (Å²) in [5.74, 6) is 0.312. The second-order valence-electron chi connectivity index (χ2n) is 4.89. The van der Waals surface area contributed by atoms with Gasteiger partial charge in [-0.2, -0.15) is 0 Å². The van der Waals surface area contributed by atoms with Crippen LogP contribution in [0.3, 0.4) is 0 Å². The highest BCUT2D eigenvalue weighted by Crippen LogP contribution is 2.17. The summed E-state index contributed by atoms with van der Waals surface area (Å²) in [6.07, 6.45) is 1.90. The number of likely N-dealkylation sites (tertiary alicyclic amines) is 1. The van der Waals surface area contributed by atoms with Gasteiger partial charge in [0.05, 0.1) is 0 Å². The maximum atomic E-state index is 12.0. The van der Waals surface area contributed by atoms with Crippen molar-refractivity contribution >= 4 is 17.5 Å². The zero-order chi connectivity index (χ0) is 13.0. The number of rotatable bonds is 3. The summed E-state index contributed by atoms with van der Waals surface area (Å²) in [6.45, 7) is 2.53. The first-order chi connectivity index (χ1) is 8.66. The van der Waals surface area contributed by atoms with Gasteiger partial charge in [-0.1, -0.05) is 29.8 Å². The highest BCUT2D eigenvalue weighted by atomic mass is 35.5. The fraction of sp³-hybridized carbons (Fsp3) is 0.500. The molecule has 0 atom stereocenters. The second-order valence-corrected chi connectivity index (χ2v) is 5.29. The standard InChI is InChI=1S/C14H19ClN2O/c1-17-8-6-11(7-9-17)14(18)16-10-12-4-2-3-5-13(12)15/h2-5,11H,6-10H2,1H3,(H,16,18). The van der Waals surface area contributed by atoms with Gasteiger partial charge >= 0.3 is 0 Å². The molecule has 0 bridgehead atoms. The monoisotopic (exact) mass is 266 g/mol. The minimum atomic E-state index is 0.156. The van der Waals surface area contributed by atoms with E-state index < -0.39 is 0 Å². The van der Waals surface area contributed by atoms with E-state index in [1.54, 1.807) is 0 Å². The van der Waals surface area contributed by atoms with E-state index in [0.29, 0.717) is 11.6 Å². The zero-order valence-corrected chi connectivity index (χ0v) is 11.4. The van der Waals surface area contributed by atoms with Crippen LogP contribution in [0.25, 0.3) is 0 Å². The Morgan fingerprint density at radius 3 is 2.72 bits per heavy atom. The van der Waals surface area contributed by atoms with Gasteiger partial charge < -0.3 is 10.2 Å². The molecule has 1 aromatic carbocycles. The fourth-order valence-corrected chi connectivity index (χ4v) is 2.44. The van der Waals surface area contributed by atoms with E-state index in [0.717, 1.165) is 31.5 Å². The maximum absolute atomic E-state index is 12.0. The molecule has 0 radical (unpaired) electrons. The molecule has 98 valence electrons. The second kappa shape index (κ2) is 6.21. The van der Waals surface area contributed by atoms with Crippen LogP contribution >= 0.6 is 11.6 Å². The summed E-state index contributed by atoms with van der Waals surface area (Å²) in [7, 11) is 2.10. The number of hydrogen-bond acceptors (Lipinski definition) is 2. The Hall–Kier alpha value is -1.06. The molecular weight excluding hydrogens is 248 g/mol. The van der Waals surface area contributed by atoms with Crippen LogP contribution in [0.15, 0.2) is 24.3 Å². The first-order valence-electron chi connectivity index (χ1n) is 6.36. The quantitative estimate of drug-likeness (QED) is 0.911. The largest absolute Gasteiger partial charge is 0.352 e. The lowest BCUT2D eigenvalue weighted by Crippen LogP contribution is -2.38. The molecule has 3 nitrogen and oxygen atoms in total. The maximum Gasteiger partial charge on any atom is 0.223 e. The average Bonchev–Trinajstić information content (AvgIpc) is 2.38. The molecule has 1 aliphatic rings. The molecule has 1 saturated heterocycles. The number of piperidine rings is 1. The number of benzene rings is 1. The van der Waals surface area contributed by atoms with Crippen LogP contribution in [0.4, 0.5) is 0 Å². The normalized spacial score (nSPS) is 17.7. The molecule has 18 heavy (non-hydrogen) atoms. The van der Waals surface area contributed by atoms with Gasteiger partial charge in [0.2, 0.25) is 5.91 Å². The lowest BCUT2D eigenvalue weighted by molar-refractivity contribution is -0.126. The molecule has 0 aromatic heterocycles. The van der Waals surface area contributed by atoms with Crippen LogP contribution in [0.2, 0.25) is 5.02 Å². The Bertz CT molecular complexity index is 414. The first-order valence-corrected chi connectivity index (χ1v) is 6.74. The molecule has 0 aliphatic carbocycles. The highest BCUT2D eigenvalue weighted by Gasteiger charge is 2.22. The van der Waals surface area contributed by atoms with Crippen molar-refractivity contribution in [1.82, 2.24) is 10.2 Å². The van der Waals surface area contributed by atoms with Gasteiger partial charge in [-0.15, -0.1) is 0 Å². The minimum Gasteiger partial charge on any atom is -0.352 e. The number of nitrogens with one attached hydrogen (secondary N) is 1. The predicted molar refractivity (Wildman–Crippen MR) is 73.5 cm³/mol. The topological polar surface area (TPSA) is 32.3 Å². The van der Waals surface area contributed by atoms with Crippen molar-refractivity contribution in [3.05, 3.63) is 34.9 Å². The molecule has 1 fully saturated rings. The predicted octanol–water partition coefficient (Wildman–Crippen LogP) is 2.30. The molecule has 1 amide bonds. The fourth-order valence-electron chi connectivity index (χ4n) is 2.24. The van der Waals surface area contributed by atoms with Gasteiger partial charge in [0.25, 0.3) is 0 Å². The van der Waals surface area contributed by atoms with Crippen LogP contribution < -0.4 is 5.32 Å². The Balaban J connectivity index is 1.83. The number of carbonyl (C=O) groups excluding carboxylic acids is 1. The Kier molecular flexibility index (Phi) is 4.61. The smallest absolute Gasteiger partial charge is 0.223 e. The van der Waals surface area contributed by atoms with E-state index in [4.69, 9.17) is 11.6 Å². The van der Waals surface area contributed by atoms with E-state index >= 15 is 0 Å². The SMILES string of the molecule is CN1CCC(C(=O)NCc2ccccc2Cl)CC1. The summed E-state index contributed by atoms with van der Waals surface area (Å²) in [6, 6.07) is 7.61. The first kappa shape index (κ1) is 13.4. The molecule has 4 heteroatoms. The lowest BCUT2D eigenvalue weighted by atomic mass is 9.96. The Morgan fingerprint density at radius 2 is 2.06 bits per heavy atom. The molecule has 0 unspecified atom stereocenters. The van der Waals surface area contributed by atoms with Gasteiger partial charge in [0.15, 0.2) is 0 Å². The van der Waals surface area contributed by atoms with Crippen LogP contribution in [0.1, 0.15) is 18.4 Å². The van der Waals surface area contributed by atoms with Crippen LogP contribution in [-0.2, 0) is 11.3 Å². The van der Waals surface area contributed by atoms with Gasteiger partial charge in [-0.25, -0.2) is 0 Å². The summed E-state index contributed by atoms with van der Waals surface area (Å²) in [5, 5.41) is 3.69. The van der Waals surface area contributed by atoms with Crippen molar-refractivity contribution in [1.29, 1.82) is 0 Å². The van der Waals surface area contributed by atoms with Crippen molar-refractivity contribution in [2.75, 3.05) is 20.1 Å². The summed E-state index contributed by atoms with van der Waals surface area (Å²) in [4.78, 5) is 14.3. The van der Waals surface area contributed by atoms with Crippen LogP contribution in [-0.4, -0.2) is 30.9 Å². The van der Waals surface area contributed by atoms with Crippen molar-refractivity contribution in [3.63, 3.8) is 0 Å². The van der Waals surface area contributed by atoms with Gasteiger partial charge in [0, 0.05) is 17.5 Å². The summed E-state index contributed by atoms with van der Waals surface area (Å²) < 4.78 is 0. The van der Waals surface area contributed by atoms with Gasteiger partial charge in [-0.3, -0.25) is 4.79 Å². The highest BCUT2D eigenvalue weighted by molar-refractivity contribution is 6.31. The number of carbonyl (C=O) groups is 1. The van der Waals surface area contributed by atoms with E-state index in [1.165, 1.54) is 0 Å². The van der Waals surface area contributed by atoms with Crippen molar-refractivity contribution in [2.45, 2.75) is 19.4 Å². The van der Waals surface area contributed by atoms with E-state index in [1.807, 2.05) is 24.3 Å². The van der Waals surface area contributed by atoms with Crippen LogP contribution in [0, 0.1) is 5.92 Å². The van der Waals surface area contributed by atoms with E-state index in [-0.39, 0.29) is 11.8 Å². The molecule has 2 rings (SSSR count). The van der Waals surface area contributed by atoms with Crippen LogP contribution in [0.5, 0.6) is 0 Å². The number of nitrogens with zero attached hydrogens (tertiary/aromatic N) is 1. The minimum absolute atomic E-state index is 0.156. The molecular formula is C14H19ClN2O. The number of halogens is 1. The molecule has 0 saturated carbocycles. The Labute approximate surface area is 113 Å². The molecule has 1 aliphatic heterocycles. The third-order valence-electron chi connectivity index (χ3n) is 3.50.